The zero-order valence-corrected chi connectivity index (χ0v) is 13.1. The molecule has 1 amide bonds. The van der Waals surface area contributed by atoms with E-state index in [0.29, 0.717) is 12.4 Å². The molecule has 0 atom stereocenters. The van der Waals surface area contributed by atoms with Crippen LogP contribution in [0.1, 0.15) is 22.3 Å². The first-order chi connectivity index (χ1) is 11.0. The van der Waals surface area contributed by atoms with Crippen molar-refractivity contribution in [2.45, 2.75) is 17.7 Å². The molecule has 0 unspecified atom stereocenters. The monoisotopic (exact) mass is 332 g/mol. The normalized spacial score (nSPS) is 13.7. The molecule has 0 spiro atoms. The molecule has 0 radical (unpaired) electrons. The summed E-state index contributed by atoms with van der Waals surface area (Å²) in [5, 5.41) is 0. The van der Waals surface area contributed by atoms with Gasteiger partial charge >= 0.3 is 0 Å². The first-order valence-corrected chi connectivity index (χ1v) is 8.63. The van der Waals surface area contributed by atoms with Crippen LogP contribution in [0.25, 0.3) is 0 Å². The number of rotatable bonds is 4. The Labute approximate surface area is 134 Å². The molecule has 23 heavy (non-hydrogen) atoms. The van der Waals surface area contributed by atoms with Gasteiger partial charge in [-0.25, -0.2) is 8.42 Å². The van der Waals surface area contributed by atoms with Gasteiger partial charge in [0.15, 0.2) is 0 Å². The second kappa shape index (κ2) is 5.92. The largest absolute Gasteiger partial charge is 0.493 e. The molecule has 0 saturated heterocycles. The first kappa shape index (κ1) is 15.4. The number of aryl methyl sites for hydroxylation is 1. The quantitative estimate of drug-likeness (QED) is 0.893. The predicted octanol–water partition coefficient (Wildman–Crippen LogP) is 1.91. The molecule has 3 rings (SSSR count). The Kier molecular flexibility index (Phi) is 3.96. The second-order valence-corrected chi connectivity index (χ2v) is 6.92. The lowest BCUT2D eigenvalue weighted by atomic mass is 10.1. The average Bonchev–Trinajstić information content (AvgIpc) is 2.54. The number of para-hydroxylation sites is 1. The Balaban J connectivity index is 1.95. The van der Waals surface area contributed by atoms with Gasteiger partial charge in [-0.2, -0.15) is 0 Å². The van der Waals surface area contributed by atoms with E-state index >= 15 is 0 Å². The highest BCUT2D eigenvalue weighted by Crippen LogP contribution is 2.28. The molecular weight excluding hydrogens is 316 g/mol. The van der Waals surface area contributed by atoms with E-state index in [9.17, 15) is 13.2 Å². The van der Waals surface area contributed by atoms with Crippen molar-refractivity contribution in [1.82, 2.24) is 0 Å². The van der Waals surface area contributed by atoms with E-state index < -0.39 is 15.9 Å². The SMILES string of the molecule is NC(=O)c1ccccc1NS(=O)(=O)c1ccc2c(c1)CCCO2. The minimum absolute atomic E-state index is 0.123. The number of carbonyl (C=O) groups excluding carboxylic acids is 1. The number of anilines is 1. The van der Waals surface area contributed by atoms with E-state index in [2.05, 4.69) is 4.72 Å². The maximum Gasteiger partial charge on any atom is 0.261 e. The third-order valence-electron chi connectivity index (χ3n) is 3.63. The van der Waals surface area contributed by atoms with Gasteiger partial charge in [0.25, 0.3) is 15.9 Å². The number of nitrogens with two attached hydrogens (primary N) is 1. The van der Waals surface area contributed by atoms with Gasteiger partial charge in [-0.3, -0.25) is 9.52 Å². The van der Waals surface area contributed by atoms with Crippen molar-refractivity contribution in [2.75, 3.05) is 11.3 Å². The van der Waals surface area contributed by atoms with E-state index in [0.717, 1.165) is 18.4 Å². The third-order valence-corrected chi connectivity index (χ3v) is 4.99. The number of fused-ring (bicyclic) bond motifs is 1. The Morgan fingerprint density at radius 1 is 1.17 bits per heavy atom. The van der Waals surface area contributed by atoms with Crippen LogP contribution in [0.2, 0.25) is 0 Å². The molecule has 2 aromatic rings. The summed E-state index contributed by atoms with van der Waals surface area (Å²) < 4.78 is 33.0. The Morgan fingerprint density at radius 3 is 2.74 bits per heavy atom. The van der Waals surface area contributed by atoms with Crippen molar-refractivity contribution in [3.8, 4) is 5.75 Å². The number of hydrogen-bond acceptors (Lipinski definition) is 4. The minimum Gasteiger partial charge on any atom is -0.493 e. The molecule has 1 aliphatic heterocycles. The van der Waals surface area contributed by atoms with E-state index in [4.69, 9.17) is 10.5 Å². The van der Waals surface area contributed by atoms with Gasteiger partial charge in [0.1, 0.15) is 5.75 Å². The van der Waals surface area contributed by atoms with Gasteiger partial charge < -0.3 is 10.5 Å². The zero-order valence-electron chi connectivity index (χ0n) is 12.3. The van der Waals surface area contributed by atoms with E-state index in [1.54, 1.807) is 24.3 Å². The van der Waals surface area contributed by atoms with Gasteiger partial charge in [-0.15, -0.1) is 0 Å². The van der Waals surface area contributed by atoms with Crippen LogP contribution in [0, 0.1) is 0 Å². The molecule has 2 aromatic carbocycles. The Morgan fingerprint density at radius 2 is 1.96 bits per heavy atom. The molecule has 1 aliphatic rings. The highest BCUT2D eigenvalue weighted by atomic mass is 32.2. The van der Waals surface area contributed by atoms with Crippen LogP contribution in [-0.4, -0.2) is 20.9 Å². The molecule has 0 aliphatic carbocycles. The summed E-state index contributed by atoms with van der Waals surface area (Å²) in [4.78, 5) is 11.5. The molecular formula is C16H16N2O4S. The van der Waals surface area contributed by atoms with Gasteiger partial charge in [0, 0.05) is 0 Å². The first-order valence-electron chi connectivity index (χ1n) is 7.15. The number of primary amides is 1. The van der Waals surface area contributed by atoms with Crippen LogP contribution in [0.3, 0.4) is 0 Å². The van der Waals surface area contributed by atoms with Crippen molar-refractivity contribution in [3.63, 3.8) is 0 Å². The Bertz CT molecular complexity index is 862. The zero-order chi connectivity index (χ0) is 16.4. The highest BCUT2D eigenvalue weighted by molar-refractivity contribution is 7.92. The lowest BCUT2D eigenvalue weighted by Crippen LogP contribution is -2.19. The average molecular weight is 332 g/mol. The van der Waals surface area contributed by atoms with E-state index in [-0.39, 0.29) is 16.1 Å². The lowest BCUT2D eigenvalue weighted by Gasteiger charge is -2.18. The number of ether oxygens (including phenoxy) is 1. The van der Waals surface area contributed by atoms with Gasteiger partial charge in [0.2, 0.25) is 0 Å². The van der Waals surface area contributed by atoms with Crippen LogP contribution >= 0.6 is 0 Å². The number of amides is 1. The smallest absolute Gasteiger partial charge is 0.261 e. The highest BCUT2D eigenvalue weighted by Gasteiger charge is 2.20. The van der Waals surface area contributed by atoms with Gasteiger partial charge in [0.05, 0.1) is 22.8 Å². The molecule has 0 saturated carbocycles. The van der Waals surface area contributed by atoms with Gasteiger partial charge in [-0.1, -0.05) is 12.1 Å². The van der Waals surface area contributed by atoms with Crippen LogP contribution in [0.4, 0.5) is 5.69 Å². The minimum atomic E-state index is -3.82. The molecule has 0 fully saturated rings. The number of benzene rings is 2. The summed E-state index contributed by atoms with van der Waals surface area (Å²) in [7, 11) is -3.82. The topological polar surface area (TPSA) is 98.5 Å². The summed E-state index contributed by atoms with van der Waals surface area (Å²) in [6.45, 7) is 0.642. The summed E-state index contributed by atoms with van der Waals surface area (Å²) in [5.74, 6) is 0.0230. The number of sulfonamides is 1. The molecule has 7 heteroatoms. The van der Waals surface area contributed by atoms with Crippen molar-refractivity contribution < 1.29 is 17.9 Å². The molecule has 1 heterocycles. The maximum absolute atomic E-state index is 12.6. The van der Waals surface area contributed by atoms with Crippen LogP contribution in [0.15, 0.2) is 47.4 Å². The van der Waals surface area contributed by atoms with E-state index in [1.165, 1.54) is 18.2 Å². The fourth-order valence-corrected chi connectivity index (χ4v) is 3.62. The summed E-state index contributed by atoms with van der Waals surface area (Å²) in [6, 6.07) is 11.0. The Hall–Kier alpha value is -2.54. The summed E-state index contributed by atoms with van der Waals surface area (Å²) >= 11 is 0. The molecule has 0 bridgehead atoms. The number of hydrogen-bond donors (Lipinski definition) is 2. The number of carbonyl (C=O) groups is 1. The van der Waals surface area contributed by atoms with Crippen molar-refractivity contribution in [1.29, 1.82) is 0 Å². The van der Waals surface area contributed by atoms with Crippen LogP contribution in [0.5, 0.6) is 5.75 Å². The van der Waals surface area contributed by atoms with Crippen LogP contribution < -0.4 is 15.2 Å². The van der Waals surface area contributed by atoms with Gasteiger partial charge in [-0.05, 0) is 48.7 Å². The second-order valence-electron chi connectivity index (χ2n) is 5.24. The standard InChI is InChI=1S/C16H16N2O4S/c17-16(19)13-5-1-2-6-14(13)18-23(20,21)12-7-8-15-11(10-12)4-3-9-22-15/h1-2,5-8,10,18H,3-4,9H2,(H2,17,19). The van der Waals surface area contributed by atoms with Crippen molar-refractivity contribution in [2.24, 2.45) is 5.73 Å². The molecule has 0 aromatic heterocycles. The third kappa shape index (κ3) is 3.14. The lowest BCUT2D eigenvalue weighted by molar-refractivity contribution is 0.100. The fourth-order valence-electron chi connectivity index (χ4n) is 2.49. The molecule has 120 valence electrons. The maximum atomic E-state index is 12.6. The summed E-state index contributed by atoms with van der Waals surface area (Å²) in [5.41, 5.74) is 6.42. The van der Waals surface area contributed by atoms with E-state index in [1.807, 2.05) is 0 Å². The number of nitrogens with one attached hydrogen (secondary N) is 1. The molecule has 3 N–H and O–H groups in total. The van der Waals surface area contributed by atoms with Crippen molar-refractivity contribution >= 4 is 21.6 Å². The molecule has 6 nitrogen and oxygen atoms in total. The van der Waals surface area contributed by atoms with Crippen molar-refractivity contribution in [3.05, 3.63) is 53.6 Å². The van der Waals surface area contributed by atoms with Crippen LogP contribution in [-0.2, 0) is 16.4 Å². The predicted molar refractivity (Wildman–Crippen MR) is 86.0 cm³/mol. The fraction of sp³-hybridized carbons (Fsp3) is 0.188. The summed E-state index contributed by atoms with van der Waals surface area (Å²) in [6.07, 6.45) is 1.63.